The summed E-state index contributed by atoms with van der Waals surface area (Å²) >= 11 is 3.09. The van der Waals surface area contributed by atoms with E-state index in [2.05, 4.69) is 15.8 Å². The fourth-order valence-corrected chi connectivity index (χ4v) is 3.38. The number of hydrogen-bond donors (Lipinski definition) is 2. The van der Waals surface area contributed by atoms with Crippen molar-refractivity contribution in [3.63, 3.8) is 0 Å². The fraction of sp³-hybridized carbons (Fsp3) is 0.353. The van der Waals surface area contributed by atoms with Crippen molar-refractivity contribution >= 4 is 40.7 Å². The number of nitrogens with zero attached hydrogens (tertiary/aromatic N) is 1. The highest BCUT2D eigenvalue weighted by Crippen LogP contribution is 2.09. The first-order valence-electron chi connectivity index (χ1n) is 7.71. The minimum absolute atomic E-state index is 0.156. The normalized spacial score (nSPS) is 12.5. The van der Waals surface area contributed by atoms with Crippen molar-refractivity contribution in [2.75, 3.05) is 0 Å². The molecule has 0 aliphatic rings. The predicted octanol–water partition coefficient (Wildman–Crippen LogP) is 3.03. The molecule has 128 valence electrons. The maximum absolute atomic E-state index is 12.3. The average molecular weight is 364 g/mol. The van der Waals surface area contributed by atoms with Gasteiger partial charge in [0.05, 0.1) is 12.6 Å². The molecular formula is C17H21N3O2S2. The zero-order valence-corrected chi connectivity index (χ0v) is 15.3. The van der Waals surface area contributed by atoms with Crippen LogP contribution in [0.15, 0.2) is 39.4 Å². The van der Waals surface area contributed by atoms with E-state index in [0.29, 0.717) is 6.42 Å². The van der Waals surface area contributed by atoms with Gasteiger partial charge in [-0.2, -0.15) is 16.4 Å². The van der Waals surface area contributed by atoms with E-state index in [-0.39, 0.29) is 24.2 Å². The van der Waals surface area contributed by atoms with Gasteiger partial charge in [0.15, 0.2) is 0 Å². The third-order valence-corrected chi connectivity index (χ3v) is 4.75. The van der Waals surface area contributed by atoms with Crippen molar-refractivity contribution in [3.05, 3.63) is 44.8 Å². The second kappa shape index (κ2) is 9.34. The Balaban J connectivity index is 1.90. The Morgan fingerprint density at radius 1 is 1.29 bits per heavy atom. The first-order chi connectivity index (χ1) is 11.5. The molecule has 7 heteroatoms. The summed E-state index contributed by atoms with van der Waals surface area (Å²) in [6.07, 6.45) is 2.45. The second-order valence-corrected chi connectivity index (χ2v) is 7.57. The molecule has 0 fully saturated rings. The number of carbonyl (C=O) groups is 2. The minimum atomic E-state index is -0.586. The second-order valence-electron chi connectivity index (χ2n) is 5.81. The molecule has 0 spiro atoms. The number of hydrogen-bond acceptors (Lipinski definition) is 5. The SMILES string of the molecule is CC(C)C[C@H](NC(=O)Cc1ccsc1)C(=O)N/N=C\c1cccs1. The maximum atomic E-state index is 12.3. The van der Waals surface area contributed by atoms with Crippen LogP contribution in [0.3, 0.4) is 0 Å². The molecule has 0 aliphatic carbocycles. The molecule has 2 heterocycles. The Morgan fingerprint density at radius 2 is 2.12 bits per heavy atom. The highest BCUT2D eigenvalue weighted by molar-refractivity contribution is 7.11. The molecule has 0 radical (unpaired) electrons. The topological polar surface area (TPSA) is 70.6 Å². The van der Waals surface area contributed by atoms with Crippen LogP contribution < -0.4 is 10.7 Å². The fourth-order valence-electron chi connectivity index (χ4n) is 2.13. The number of hydrazone groups is 1. The summed E-state index contributed by atoms with van der Waals surface area (Å²) in [5, 5.41) is 12.6. The van der Waals surface area contributed by atoms with E-state index in [1.807, 2.05) is 48.2 Å². The van der Waals surface area contributed by atoms with Crippen LogP contribution in [0.2, 0.25) is 0 Å². The molecule has 1 atom stereocenters. The Bertz CT molecular complexity index is 664. The first-order valence-corrected chi connectivity index (χ1v) is 9.53. The molecule has 2 aromatic heterocycles. The molecule has 0 aliphatic heterocycles. The van der Waals surface area contributed by atoms with Crippen LogP contribution in [0, 0.1) is 5.92 Å². The largest absolute Gasteiger partial charge is 0.344 e. The van der Waals surface area contributed by atoms with Gasteiger partial charge >= 0.3 is 0 Å². The van der Waals surface area contributed by atoms with Crippen molar-refractivity contribution in [3.8, 4) is 0 Å². The maximum Gasteiger partial charge on any atom is 0.262 e. The minimum Gasteiger partial charge on any atom is -0.344 e. The van der Waals surface area contributed by atoms with Gasteiger partial charge in [-0.25, -0.2) is 5.43 Å². The molecule has 24 heavy (non-hydrogen) atoms. The van der Waals surface area contributed by atoms with E-state index >= 15 is 0 Å². The third kappa shape index (κ3) is 6.25. The van der Waals surface area contributed by atoms with Crippen LogP contribution in [0.1, 0.15) is 30.7 Å². The Hall–Kier alpha value is -1.99. The van der Waals surface area contributed by atoms with Crippen LogP contribution in [-0.2, 0) is 16.0 Å². The van der Waals surface area contributed by atoms with Gasteiger partial charge < -0.3 is 5.32 Å². The number of amides is 2. The number of rotatable bonds is 8. The van der Waals surface area contributed by atoms with Crippen LogP contribution in [-0.4, -0.2) is 24.1 Å². The zero-order valence-electron chi connectivity index (χ0n) is 13.7. The summed E-state index contributed by atoms with van der Waals surface area (Å²) in [5.41, 5.74) is 3.47. The van der Waals surface area contributed by atoms with Crippen molar-refractivity contribution in [2.24, 2.45) is 11.0 Å². The Labute approximate surface area is 149 Å². The standard InChI is InChI=1S/C17H21N3O2S2/c1-12(2)8-15(19-16(21)9-13-5-7-23-11-13)17(22)20-18-10-14-4-3-6-24-14/h3-7,10-12,15H,8-9H2,1-2H3,(H,19,21)(H,20,22)/b18-10-/t15-/m0/s1. The van der Waals surface area contributed by atoms with Gasteiger partial charge in [0.2, 0.25) is 5.91 Å². The van der Waals surface area contributed by atoms with Crippen molar-refractivity contribution in [2.45, 2.75) is 32.7 Å². The lowest BCUT2D eigenvalue weighted by atomic mass is 10.0. The average Bonchev–Trinajstić information content (AvgIpc) is 3.19. The third-order valence-electron chi connectivity index (χ3n) is 3.21. The molecule has 0 saturated carbocycles. The summed E-state index contributed by atoms with van der Waals surface area (Å²) in [5.74, 6) is -0.171. The van der Waals surface area contributed by atoms with Gasteiger partial charge in [0, 0.05) is 4.88 Å². The molecule has 0 aromatic carbocycles. The molecule has 5 nitrogen and oxygen atoms in total. The van der Waals surface area contributed by atoms with E-state index < -0.39 is 6.04 Å². The number of nitrogens with one attached hydrogen (secondary N) is 2. The van der Waals surface area contributed by atoms with Crippen molar-refractivity contribution < 1.29 is 9.59 Å². The lowest BCUT2D eigenvalue weighted by molar-refractivity contribution is -0.129. The van der Waals surface area contributed by atoms with Crippen LogP contribution >= 0.6 is 22.7 Å². The van der Waals surface area contributed by atoms with Gasteiger partial charge in [-0.3, -0.25) is 9.59 Å². The summed E-state index contributed by atoms with van der Waals surface area (Å²) in [6, 6.07) is 5.15. The molecule has 2 amide bonds. The van der Waals surface area contributed by atoms with Gasteiger partial charge in [-0.1, -0.05) is 19.9 Å². The monoisotopic (exact) mass is 363 g/mol. The molecule has 0 saturated heterocycles. The number of thiophene rings is 2. The molecule has 0 unspecified atom stereocenters. The summed E-state index contributed by atoms with van der Waals surface area (Å²) in [7, 11) is 0. The van der Waals surface area contributed by atoms with Crippen molar-refractivity contribution in [1.29, 1.82) is 0 Å². The summed E-state index contributed by atoms with van der Waals surface area (Å²) in [6.45, 7) is 4.03. The smallest absolute Gasteiger partial charge is 0.262 e. The van der Waals surface area contributed by atoms with E-state index in [9.17, 15) is 9.59 Å². The predicted molar refractivity (Wildman–Crippen MR) is 99.5 cm³/mol. The molecule has 2 rings (SSSR count). The Kier molecular flexibility index (Phi) is 7.14. The van der Waals surface area contributed by atoms with E-state index in [1.165, 1.54) is 11.3 Å². The summed E-state index contributed by atoms with van der Waals surface area (Å²) in [4.78, 5) is 25.4. The molecule has 2 aromatic rings. The molecular weight excluding hydrogens is 342 g/mol. The van der Waals surface area contributed by atoms with Gasteiger partial charge in [0.25, 0.3) is 5.91 Å². The molecule has 0 bridgehead atoms. The van der Waals surface area contributed by atoms with Gasteiger partial charge in [-0.05, 0) is 46.2 Å². The van der Waals surface area contributed by atoms with Crippen LogP contribution in [0.5, 0.6) is 0 Å². The Morgan fingerprint density at radius 3 is 2.75 bits per heavy atom. The van der Waals surface area contributed by atoms with Gasteiger partial charge in [0.1, 0.15) is 6.04 Å². The van der Waals surface area contributed by atoms with E-state index in [4.69, 9.17) is 0 Å². The van der Waals surface area contributed by atoms with E-state index in [1.54, 1.807) is 17.6 Å². The number of carbonyl (C=O) groups excluding carboxylic acids is 2. The van der Waals surface area contributed by atoms with Gasteiger partial charge in [-0.15, -0.1) is 11.3 Å². The first kappa shape index (κ1) is 18.4. The van der Waals surface area contributed by atoms with E-state index in [0.717, 1.165) is 10.4 Å². The van der Waals surface area contributed by atoms with Crippen LogP contribution in [0.25, 0.3) is 0 Å². The molecule has 2 N–H and O–H groups in total. The highest BCUT2D eigenvalue weighted by Gasteiger charge is 2.21. The highest BCUT2D eigenvalue weighted by atomic mass is 32.1. The zero-order chi connectivity index (χ0) is 17.4. The lowest BCUT2D eigenvalue weighted by Gasteiger charge is -2.18. The van der Waals surface area contributed by atoms with Crippen molar-refractivity contribution in [1.82, 2.24) is 10.7 Å². The lowest BCUT2D eigenvalue weighted by Crippen LogP contribution is -2.46. The van der Waals surface area contributed by atoms with Crippen LogP contribution in [0.4, 0.5) is 0 Å². The summed E-state index contributed by atoms with van der Waals surface area (Å²) < 4.78 is 0. The quantitative estimate of drug-likeness (QED) is 0.559.